The maximum absolute atomic E-state index is 4.72. The van der Waals surface area contributed by atoms with Crippen LogP contribution in [0.5, 0.6) is 0 Å². The Morgan fingerprint density at radius 3 is 2.30 bits per heavy atom. The molecule has 0 aliphatic carbocycles. The summed E-state index contributed by atoms with van der Waals surface area (Å²) in [4.78, 5) is 6.73. The van der Waals surface area contributed by atoms with E-state index in [0.717, 1.165) is 40.5 Å². The summed E-state index contributed by atoms with van der Waals surface area (Å²) in [6.45, 7) is 22.4. The van der Waals surface area contributed by atoms with Crippen molar-refractivity contribution in [1.82, 2.24) is 10.2 Å². The van der Waals surface area contributed by atoms with Crippen molar-refractivity contribution in [3.63, 3.8) is 0 Å². The van der Waals surface area contributed by atoms with E-state index < -0.39 is 0 Å². The summed E-state index contributed by atoms with van der Waals surface area (Å²) in [6, 6.07) is 8.62. The van der Waals surface area contributed by atoms with Gasteiger partial charge < -0.3 is 16.0 Å². The van der Waals surface area contributed by atoms with E-state index in [1.54, 1.807) is 6.08 Å². The van der Waals surface area contributed by atoms with Gasteiger partial charge in [-0.15, -0.1) is 0 Å². The first kappa shape index (κ1) is 24.9. The summed E-state index contributed by atoms with van der Waals surface area (Å²) in [5.74, 6) is 0.809. The SMILES string of the molecule is C=C/C=C1/N=C(C(=C)N[C@@H](C)c2ccc(C(=C)CC)cc2)C=C(C(=C)C)N1C.CN. The van der Waals surface area contributed by atoms with E-state index >= 15 is 0 Å². The molecule has 30 heavy (non-hydrogen) atoms. The fourth-order valence-corrected chi connectivity index (χ4v) is 3.03. The number of nitrogens with zero attached hydrogens (tertiary/aromatic N) is 2. The fraction of sp³-hybridized carbons (Fsp3) is 0.269. The topological polar surface area (TPSA) is 53.7 Å². The van der Waals surface area contributed by atoms with Gasteiger partial charge in [0.1, 0.15) is 5.82 Å². The minimum Gasteiger partial charge on any atom is -0.377 e. The summed E-state index contributed by atoms with van der Waals surface area (Å²) in [7, 11) is 3.47. The van der Waals surface area contributed by atoms with Crippen LogP contribution in [0.2, 0.25) is 0 Å². The smallest absolute Gasteiger partial charge is 0.133 e. The molecule has 1 aromatic carbocycles. The van der Waals surface area contributed by atoms with Crippen molar-refractivity contribution in [2.75, 3.05) is 14.1 Å². The monoisotopic (exact) mass is 404 g/mol. The van der Waals surface area contributed by atoms with Gasteiger partial charge in [-0.2, -0.15) is 0 Å². The zero-order chi connectivity index (χ0) is 22.8. The Morgan fingerprint density at radius 1 is 1.20 bits per heavy atom. The molecule has 0 amide bonds. The Balaban J connectivity index is 0.00000218. The molecule has 3 N–H and O–H groups in total. The van der Waals surface area contributed by atoms with Crippen molar-refractivity contribution in [3.8, 4) is 0 Å². The maximum Gasteiger partial charge on any atom is 0.133 e. The van der Waals surface area contributed by atoms with Gasteiger partial charge in [0, 0.05) is 18.8 Å². The molecule has 1 aliphatic rings. The number of nitrogens with two attached hydrogens (primary N) is 1. The van der Waals surface area contributed by atoms with Gasteiger partial charge >= 0.3 is 0 Å². The molecule has 160 valence electrons. The van der Waals surface area contributed by atoms with Crippen LogP contribution in [0.25, 0.3) is 5.57 Å². The summed E-state index contributed by atoms with van der Waals surface area (Å²) >= 11 is 0. The Morgan fingerprint density at radius 2 is 1.80 bits per heavy atom. The lowest BCUT2D eigenvalue weighted by atomic mass is 10.0. The van der Waals surface area contributed by atoms with Gasteiger partial charge in [0.15, 0.2) is 0 Å². The Kier molecular flexibility index (Phi) is 9.79. The van der Waals surface area contributed by atoms with Gasteiger partial charge in [0.2, 0.25) is 0 Å². The Bertz CT molecular complexity index is 882. The number of hydrogen-bond acceptors (Lipinski definition) is 4. The number of likely N-dealkylation sites (N-methyl/N-ethyl adjacent to an activating group) is 1. The van der Waals surface area contributed by atoms with Gasteiger partial charge in [0.25, 0.3) is 0 Å². The third-order valence-electron chi connectivity index (χ3n) is 4.86. The van der Waals surface area contributed by atoms with Crippen LogP contribution in [0, 0.1) is 0 Å². The zero-order valence-electron chi connectivity index (χ0n) is 19.1. The minimum atomic E-state index is 0.104. The molecule has 4 nitrogen and oxygen atoms in total. The van der Waals surface area contributed by atoms with E-state index in [2.05, 4.69) is 75.5 Å². The summed E-state index contributed by atoms with van der Waals surface area (Å²) in [6.07, 6.45) is 6.58. The number of nitrogens with one attached hydrogen (secondary N) is 1. The number of aliphatic imine (C=N–C) groups is 1. The molecule has 0 radical (unpaired) electrons. The number of allylic oxidation sites excluding steroid dienone is 5. The highest BCUT2D eigenvalue weighted by molar-refractivity contribution is 6.09. The maximum atomic E-state index is 4.72. The van der Waals surface area contributed by atoms with E-state index in [4.69, 9.17) is 4.99 Å². The summed E-state index contributed by atoms with van der Waals surface area (Å²) in [5.41, 5.74) is 11.6. The molecule has 0 aromatic heterocycles. The molecule has 1 atom stereocenters. The summed E-state index contributed by atoms with van der Waals surface area (Å²) in [5, 5.41) is 3.47. The van der Waals surface area contributed by atoms with Crippen molar-refractivity contribution in [3.05, 3.63) is 103 Å². The zero-order valence-corrected chi connectivity index (χ0v) is 19.1. The van der Waals surface area contributed by atoms with Gasteiger partial charge in [-0.25, -0.2) is 4.99 Å². The van der Waals surface area contributed by atoms with Gasteiger partial charge in [-0.05, 0) is 61.7 Å². The molecule has 0 spiro atoms. The molecule has 1 aliphatic heterocycles. The van der Waals surface area contributed by atoms with E-state index in [1.807, 2.05) is 31.0 Å². The number of hydrogen-bond donors (Lipinski definition) is 2. The molecule has 0 fully saturated rings. The highest BCUT2D eigenvalue weighted by Gasteiger charge is 2.19. The lowest BCUT2D eigenvalue weighted by molar-refractivity contribution is 0.517. The molecule has 4 heteroatoms. The molecule has 0 saturated heterocycles. The van der Waals surface area contributed by atoms with E-state index in [0.29, 0.717) is 0 Å². The molecule has 1 heterocycles. The first-order chi connectivity index (χ1) is 14.3. The summed E-state index contributed by atoms with van der Waals surface area (Å²) < 4.78 is 0. The first-order valence-electron chi connectivity index (χ1n) is 10.1. The second-order valence-electron chi connectivity index (χ2n) is 7.05. The molecule has 0 saturated carbocycles. The lowest BCUT2D eigenvalue weighted by Gasteiger charge is -2.29. The van der Waals surface area contributed by atoms with Crippen molar-refractivity contribution < 1.29 is 0 Å². The van der Waals surface area contributed by atoms with E-state index in [-0.39, 0.29) is 6.04 Å². The van der Waals surface area contributed by atoms with Crippen LogP contribution < -0.4 is 11.1 Å². The Labute approximate surface area is 182 Å². The van der Waals surface area contributed by atoms with Crippen LogP contribution in [0.3, 0.4) is 0 Å². The second-order valence-corrected chi connectivity index (χ2v) is 7.05. The van der Waals surface area contributed by atoms with Crippen molar-refractivity contribution >= 4 is 11.3 Å². The molecule has 2 rings (SSSR count). The average molecular weight is 405 g/mol. The van der Waals surface area contributed by atoms with Gasteiger partial charge in [-0.3, -0.25) is 0 Å². The lowest BCUT2D eigenvalue weighted by Crippen LogP contribution is -2.28. The molecule has 0 unspecified atom stereocenters. The molecular weight excluding hydrogens is 368 g/mol. The fourth-order valence-electron chi connectivity index (χ4n) is 3.03. The molecule has 1 aromatic rings. The third kappa shape index (κ3) is 6.19. The molecule has 0 bridgehead atoms. The number of benzene rings is 1. The highest BCUT2D eigenvalue weighted by atomic mass is 15.2. The van der Waals surface area contributed by atoms with Crippen molar-refractivity contribution in [2.24, 2.45) is 10.7 Å². The van der Waals surface area contributed by atoms with Crippen LogP contribution in [0.4, 0.5) is 0 Å². The predicted molar refractivity (Wildman–Crippen MR) is 133 cm³/mol. The van der Waals surface area contributed by atoms with Crippen LogP contribution in [-0.4, -0.2) is 24.7 Å². The second kappa shape index (κ2) is 11.8. The minimum absolute atomic E-state index is 0.104. The predicted octanol–water partition coefficient (Wildman–Crippen LogP) is 5.72. The standard InChI is InChI=1S/C25H31N3.CH5N/c1-9-11-25-27-23(16-24(17(3)4)28(25)8)20(7)26-19(6)22-14-12-21(13-15-22)18(5)10-2;1-2/h9,11-16,19,26H,1,3,5,7,10H2,2,4,6,8H3;2H2,1H3/b25-11-;/t19-;/m0./s1. The number of rotatable bonds is 8. The van der Waals surface area contributed by atoms with Crippen molar-refractivity contribution in [2.45, 2.75) is 33.2 Å². The largest absolute Gasteiger partial charge is 0.377 e. The normalized spacial score (nSPS) is 15.3. The third-order valence-corrected chi connectivity index (χ3v) is 4.86. The van der Waals surface area contributed by atoms with Crippen LogP contribution in [0.15, 0.2) is 96.6 Å². The molecular formula is C26H36N4. The van der Waals surface area contributed by atoms with E-state index in [1.165, 1.54) is 18.2 Å². The van der Waals surface area contributed by atoms with Gasteiger partial charge in [0.05, 0.1) is 11.4 Å². The van der Waals surface area contributed by atoms with Gasteiger partial charge in [-0.1, -0.05) is 63.6 Å². The van der Waals surface area contributed by atoms with E-state index in [9.17, 15) is 0 Å². The quantitative estimate of drug-likeness (QED) is 0.582. The average Bonchev–Trinajstić information content (AvgIpc) is 2.75. The van der Waals surface area contributed by atoms with Crippen LogP contribution in [0.1, 0.15) is 44.4 Å². The highest BCUT2D eigenvalue weighted by Crippen LogP contribution is 2.25. The van der Waals surface area contributed by atoms with Crippen LogP contribution >= 0.6 is 0 Å². The first-order valence-corrected chi connectivity index (χ1v) is 10.1. The van der Waals surface area contributed by atoms with Crippen LogP contribution in [-0.2, 0) is 0 Å². The Hall–Kier alpha value is -3.11. The van der Waals surface area contributed by atoms with Crippen molar-refractivity contribution in [1.29, 1.82) is 0 Å².